The van der Waals surface area contributed by atoms with E-state index in [9.17, 15) is 18.0 Å². The molecule has 1 amide bonds. The van der Waals surface area contributed by atoms with Crippen LogP contribution < -0.4 is 16.2 Å². The van der Waals surface area contributed by atoms with E-state index in [0.29, 0.717) is 5.56 Å². The number of halogens is 3. The number of nitrogens with two attached hydrogens (primary N) is 2. The van der Waals surface area contributed by atoms with E-state index >= 15 is 0 Å². The third kappa shape index (κ3) is 4.65. The van der Waals surface area contributed by atoms with E-state index in [0.717, 1.165) is 6.07 Å². The average molecular weight is 258 g/mol. The van der Waals surface area contributed by atoms with Crippen LogP contribution in [0, 0.1) is 11.8 Å². The molecule has 1 aromatic rings. The highest BCUT2D eigenvalue weighted by Crippen LogP contribution is 2.28. The Morgan fingerprint density at radius 1 is 1.39 bits per heavy atom. The maximum Gasteiger partial charge on any atom is 0.573 e. The molecule has 7 heteroatoms. The van der Waals surface area contributed by atoms with Crippen LogP contribution in [0.25, 0.3) is 0 Å². The van der Waals surface area contributed by atoms with Gasteiger partial charge in [0.15, 0.2) is 5.75 Å². The van der Waals surface area contributed by atoms with E-state index in [4.69, 9.17) is 11.5 Å². The smallest absolute Gasteiger partial charge is 0.404 e. The predicted molar refractivity (Wildman–Crippen MR) is 58.2 cm³/mol. The van der Waals surface area contributed by atoms with Crippen molar-refractivity contribution in [1.29, 1.82) is 0 Å². The summed E-state index contributed by atoms with van der Waals surface area (Å²) in [6.07, 6.45) is -4.94. The fraction of sp³-hybridized carbons (Fsp3) is 0.182. The van der Waals surface area contributed by atoms with Crippen LogP contribution in [0.3, 0.4) is 0 Å². The van der Waals surface area contributed by atoms with Gasteiger partial charge in [-0.15, -0.1) is 13.2 Å². The average Bonchev–Trinajstić information content (AvgIpc) is 2.19. The first-order valence-corrected chi connectivity index (χ1v) is 4.70. The Hall–Kier alpha value is -2.36. The van der Waals surface area contributed by atoms with Crippen molar-refractivity contribution in [3.63, 3.8) is 0 Å². The van der Waals surface area contributed by atoms with Gasteiger partial charge in [-0.05, 0) is 18.2 Å². The lowest BCUT2D eigenvalue weighted by Gasteiger charge is -2.10. The number of hydrogen-bond donors (Lipinski definition) is 2. The topological polar surface area (TPSA) is 78.3 Å². The first-order valence-electron chi connectivity index (χ1n) is 4.70. The van der Waals surface area contributed by atoms with Gasteiger partial charge in [-0.1, -0.05) is 11.8 Å². The van der Waals surface area contributed by atoms with E-state index in [1.165, 1.54) is 12.1 Å². The third-order valence-corrected chi connectivity index (χ3v) is 1.73. The number of benzene rings is 1. The highest BCUT2D eigenvalue weighted by atomic mass is 19.4. The van der Waals surface area contributed by atoms with Crippen molar-refractivity contribution >= 4 is 11.6 Å². The first-order chi connectivity index (χ1) is 8.28. The van der Waals surface area contributed by atoms with Gasteiger partial charge < -0.3 is 16.2 Å². The number of amides is 1. The molecule has 0 saturated heterocycles. The fourth-order valence-electron chi connectivity index (χ4n) is 1.08. The summed E-state index contributed by atoms with van der Waals surface area (Å²) >= 11 is 0. The minimum absolute atomic E-state index is 0.138. The van der Waals surface area contributed by atoms with Crippen LogP contribution in [0.5, 0.6) is 5.75 Å². The Labute approximate surface area is 101 Å². The van der Waals surface area contributed by atoms with Gasteiger partial charge in [-0.2, -0.15) is 0 Å². The van der Waals surface area contributed by atoms with Crippen molar-refractivity contribution in [2.24, 2.45) is 5.73 Å². The number of nitrogen functional groups attached to an aromatic ring is 1. The van der Waals surface area contributed by atoms with Crippen LogP contribution in [0.1, 0.15) is 12.0 Å². The van der Waals surface area contributed by atoms with Crippen molar-refractivity contribution in [1.82, 2.24) is 0 Å². The van der Waals surface area contributed by atoms with E-state index in [1.807, 2.05) is 0 Å². The van der Waals surface area contributed by atoms with Gasteiger partial charge in [0.1, 0.15) is 0 Å². The molecule has 0 unspecified atom stereocenters. The molecule has 96 valence electrons. The van der Waals surface area contributed by atoms with Crippen LogP contribution in [0.4, 0.5) is 18.9 Å². The maximum atomic E-state index is 12.0. The second-order valence-corrected chi connectivity index (χ2v) is 3.25. The molecule has 0 saturated carbocycles. The number of rotatable bonds is 2. The number of alkyl halides is 3. The summed E-state index contributed by atoms with van der Waals surface area (Å²) in [5.41, 5.74) is 10.4. The van der Waals surface area contributed by atoms with Gasteiger partial charge >= 0.3 is 6.36 Å². The van der Waals surface area contributed by atoms with Crippen LogP contribution >= 0.6 is 0 Å². The van der Waals surface area contributed by atoms with Gasteiger partial charge in [0.05, 0.1) is 12.1 Å². The van der Waals surface area contributed by atoms with E-state index in [-0.39, 0.29) is 12.1 Å². The summed E-state index contributed by atoms with van der Waals surface area (Å²) in [7, 11) is 0. The third-order valence-electron chi connectivity index (χ3n) is 1.73. The number of ether oxygens (including phenoxy) is 1. The number of carbonyl (C=O) groups excluding carboxylic acids is 1. The largest absolute Gasteiger partial charge is 0.573 e. The summed E-state index contributed by atoms with van der Waals surface area (Å²) in [4.78, 5) is 10.4. The zero-order valence-electron chi connectivity index (χ0n) is 9.04. The molecule has 0 aliphatic carbocycles. The molecular formula is C11H9F3N2O2. The molecule has 0 bridgehead atoms. The standard InChI is InChI=1S/C11H9F3N2O2/c12-11(13,14)18-9-5-4-7(6-8(9)15)2-1-3-10(16)17/h4-6H,3,15H2,(H2,16,17). The lowest BCUT2D eigenvalue weighted by molar-refractivity contribution is -0.274. The summed E-state index contributed by atoms with van der Waals surface area (Å²) in [5.74, 6) is 3.90. The van der Waals surface area contributed by atoms with Crippen molar-refractivity contribution in [2.45, 2.75) is 12.8 Å². The number of hydrogen-bond acceptors (Lipinski definition) is 3. The van der Waals surface area contributed by atoms with Crippen molar-refractivity contribution in [2.75, 3.05) is 5.73 Å². The van der Waals surface area contributed by atoms with Crippen molar-refractivity contribution in [3.05, 3.63) is 23.8 Å². The van der Waals surface area contributed by atoms with Gasteiger partial charge in [0.25, 0.3) is 0 Å². The van der Waals surface area contributed by atoms with Crippen molar-refractivity contribution in [3.8, 4) is 17.6 Å². The lowest BCUT2D eigenvalue weighted by Crippen LogP contribution is -2.18. The second kappa shape index (κ2) is 5.31. The zero-order valence-corrected chi connectivity index (χ0v) is 9.04. The second-order valence-electron chi connectivity index (χ2n) is 3.25. The quantitative estimate of drug-likeness (QED) is 0.621. The lowest BCUT2D eigenvalue weighted by atomic mass is 10.2. The van der Waals surface area contributed by atoms with Crippen LogP contribution in [0.15, 0.2) is 18.2 Å². The summed E-state index contributed by atoms with van der Waals surface area (Å²) < 4.78 is 39.6. The van der Waals surface area contributed by atoms with Gasteiger partial charge in [0.2, 0.25) is 5.91 Å². The Balaban J connectivity index is 2.85. The maximum absolute atomic E-state index is 12.0. The molecular weight excluding hydrogens is 249 g/mol. The Morgan fingerprint density at radius 3 is 2.56 bits per heavy atom. The Morgan fingerprint density at radius 2 is 2.06 bits per heavy atom. The molecule has 0 aliphatic rings. The molecule has 0 atom stereocenters. The Kier molecular flexibility index (Phi) is 4.05. The molecule has 1 rings (SSSR count). The molecule has 0 aliphatic heterocycles. The van der Waals surface area contributed by atoms with E-state index < -0.39 is 18.0 Å². The predicted octanol–water partition coefficient (Wildman–Crippen LogP) is 1.39. The normalized spacial score (nSPS) is 10.4. The number of primary amides is 1. The van der Waals surface area contributed by atoms with Crippen LogP contribution in [0.2, 0.25) is 0 Å². The zero-order chi connectivity index (χ0) is 13.8. The molecule has 18 heavy (non-hydrogen) atoms. The first kappa shape index (κ1) is 13.7. The van der Waals surface area contributed by atoms with E-state index in [2.05, 4.69) is 16.6 Å². The molecule has 0 aromatic heterocycles. The Bertz CT molecular complexity index is 515. The molecule has 0 heterocycles. The molecule has 0 spiro atoms. The highest BCUT2D eigenvalue weighted by molar-refractivity contribution is 5.76. The SMILES string of the molecule is NC(=O)CC#Cc1ccc(OC(F)(F)F)c(N)c1. The number of carbonyl (C=O) groups is 1. The summed E-state index contributed by atoms with van der Waals surface area (Å²) in [5, 5.41) is 0. The van der Waals surface area contributed by atoms with Gasteiger partial charge in [-0.25, -0.2) is 0 Å². The monoisotopic (exact) mass is 258 g/mol. The number of anilines is 1. The van der Waals surface area contributed by atoms with Crippen LogP contribution in [-0.4, -0.2) is 12.3 Å². The molecule has 0 fully saturated rings. The van der Waals surface area contributed by atoms with Gasteiger partial charge in [0, 0.05) is 5.56 Å². The van der Waals surface area contributed by atoms with Gasteiger partial charge in [-0.3, -0.25) is 4.79 Å². The van der Waals surface area contributed by atoms with Crippen molar-refractivity contribution < 1.29 is 22.7 Å². The summed E-state index contributed by atoms with van der Waals surface area (Å²) in [6.45, 7) is 0. The molecule has 1 aromatic carbocycles. The fourth-order valence-corrected chi connectivity index (χ4v) is 1.08. The van der Waals surface area contributed by atoms with E-state index in [1.54, 1.807) is 0 Å². The van der Waals surface area contributed by atoms with Crippen LogP contribution in [-0.2, 0) is 4.79 Å². The minimum Gasteiger partial charge on any atom is -0.404 e. The molecule has 4 N–H and O–H groups in total. The molecule has 4 nitrogen and oxygen atoms in total. The minimum atomic E-state index is -4.80. The summed E-state index contributed by atoms with van der Waals surface area (Å²) in [6, 6.07) is 3.57. The molecule has 0 radical (unpaired) electrons. The highest BCUT2D eigenvalue weighted by Gasteiger charge is 2.31.